The van der Waals surface area contributed by atoms with E-state index in [0.717, 1.165) is 0 Å². The fraction of sp³-hybridized carbons (Fsp3) is 0.167. The Morgan fingerprint density at radius 2 is 1.96 bits per heavy atom. The quantitative estimate of drug-likeness (QED) is 0.828. The molecule has 1 N–H and O–H groups in total. The summed E-state index contributed by atoms with van der Waals surface area (Å²) in [4.78, 5) is 23.9. The molecule has 5 nitrogen and oxygen atoms in total. The summed E-state index contributed by atoms with van der Waals surface area (Å²) in [5.41, 5.74) is 1.26. The van der Waals surface area contributed by atoms with Crippen LogP contribution in [0.15, 0.2) is 42.5 Å². The van der Waals surface area contributed by atoms with Crippen molar-refractivity contribution in [2.45, 2.75) is 19.4 Å². The Bertz CT molecular complexity index is 831. The number of carbonyl (C=O) groups is 2. The summed E-state index contributed by atoms with van der Waals surface area (Å²) in [6.45, 7) is 1.43. The van der Waals surface area contributed by atoms with Crippen LogP contribution in [0.2, 0.25) is 5.02 Å². The molecule has 0 aliphatic rings. The van der Waals surface area contributed by atoms with E-state index in [-0.39, 0.29) is 11.4 Å². The van der Waals surface area contributed by atoms with Crippen LogP contribution in [-0.2, 0) is 20.7 Å². The standard InChI is InChI=1S/C18H14ClFN2O3/c1-11(25-17(23)8-12-2-5-14(20)6-3-12)18(24)22-15-7-4-13(10-21)16(19)9-15/h2-7,9,11H,8H2,1H3,(H,22,24). The highest BCUT2D eigenvalue weighted by atomic mass is 35.5. The number of benzene rings is 2. The van der Waals surface area contributed by atoms with Gasteiger partial charge in [0, 0.05) is 5.69 Å². The lowest BCUT2D eigenvalue weighted by molar-refractivity contribution is -0.152. The molecule has 0 spiro atoms. The molecule has 128 valence electrons. The van der Waals surface area contributed by atoms with Gasteiger partial charge in [-0.15, -0.1) is 0 Å². The third-order valence-electron chi connectivity index (χ3n) is 3.30. The predicted octanol–water partition coefficient (Wildman–Crippen LogP) is 3.46. The minimum atomic E-state index is -1.03. The van der Waals surface area contributed by atoms with Crippen LogP contribution in [0.4, 0.5) is 10.1 Å². The number of anilines is 1. The van der Waals surface area contributed by atoms with Gasteiger partial charge in [-0.3, -0.25) is 9.59 Å². The SMILES string of the molecule is CC(OC(=O)Cc1ccc(F)cc1)C(=O)Nc1ccc(C#N)c(Cl)c1. The fourth-order valence-corrected chi connectivity index (χ4v) is 2.21. The second-order valence-electron chi connectivity index (χ2n) is 5.23. The number of hydrogen-bond donors (Lipinski definition) is 1. The highest BCUT2D eigenvalue weighted by Crippen LogP contribution is 2.20. The Labute approximate surface area is 149 Å². The van der Waals surface area contributed by atoms with Gasteiger partial charge in [-0.25, -0.2) is 4.39 Å². The van der Waals surface area contributed by atoms with Gasteiger partial charge in [0.15, 0.2) is 6.10 Å². The molecule has 2 aromatic rings. The van der Waals surface area contributed by atoms with Gasteiger partial charge in [0.2, 0.25) is 0 Å². The van der Waals surface area contributed by atoms with Crippen LogP contribution in [0.25, 0.3) is 0 Å². The van der Waals surface area contributed by atoms with Crippen LogP contribution >= 0.6 is 11.6 Å². The van der Waals surface area contributed by atoms with Crippen LogP contribution < -0.4 is 5.32 Å². The molecule has 7 heteroatoms. The summed E-state index contributed by atoms with van der Waals surface area (Å²) in [5.74, 6) is -1.54. The number of rotatable bonds is 5. The van der Waals surface area contributed by atoms with Crippen molar-refractivity contribution in [2.75, 3.05) is 5.32 Å². The maximum absolute atomic E-state index is 12.8. The monoisotopic (exact) mass is 360 g/mol. The number of esters is 1. The van der Waals surface area contributed by atoms with E-state index >= 15 is 0 Å². The van der Waals surface area contributed by atoms with Crippen LogP contribution in [0.1, 0.15) is 18.1 Å². The smallest absolute Gasteiger partial charge is 0.311 e. The van der Waals surface area contributed by atoms with Crippen molar-refractivity contribution in [3.05, 3.63) is 64.4 Å². The van der Waals surface area contributed by atoms with Gasteiger partial charge in [-0.05, 0) is 42.8 Å². The van der Waals surface area contributed by atoms with Crippen LogP contribution in [0.3, 0.4) is 0 Å². The Balaban J connectivity index is 1.91. The first-order chi connectivity index (χ1) is 11.9. The Morgan fingerprint density at radius 3 is 2.56 bits per heavy atom. The second-order valence-corrected chi connectivity index (χ2v) is 5.64. The maximum atomic E-state index is 12.8. The molecule has 25 heavy (non-hydrogen) atoms. The van der Waals surface area contributed by atoms with Crippen molar-refractivity contribution < 1.29 is 18.7 Å². The lowest BCUT2D eigenvalue weighted by Crippen LogP contribution is -2.30. The summed E-state index contributed by atoms with van der Waals surface area (Å²) in [6.07, 6.45) is -1.09. The number of carbonyl (C=O) groups excluding carboxylic acids is 2. The number of ether oxygens (including phenoxy) is 1. The molecule has 0 aromatic heterocycles. The lowest BCUT2D eigenvalue weighted by Gasteiger charge is -2.14. The van der Waals surface area contributed by atoms with Gasteiger partial charge in [0.05, 0.1) is 17.0 Å². The van der Waals surface area contributed by atoms with E-state index in [4.69, 9.17) is 21.6 Å². The summed E-state index contributed by atoms with van der Waals surface area (Å²) in [5, 5.41) is 11.6. The van der Waals surface area contributed by atoms with E-state index in [2.05, 4.69) is 5.32 Å². The van der Waals surface area contributed by atoms with Crippen molar-refractivity contribution in [2.24, 2.45) is 0 Å². The molecule has 0 heterocycles. The molecule has 1 atom stereocenters. The van der Waals surface area contributed by atoms with Crippen molar-refractivity contribution >= 4 is 29.2 Å². The number of nitrogens with one attached hydrogen (secondary N) is 1. The third-order valence-corrected chi connectivity index (χ3v) is 3.61. The number of halogens is 2. The van der Waals surface area contributed by atoms with Crippen LogP contribution in [0, 0.1) is 17.1 Å². The zero-order chi connectivity index (χ0) is 18.4. The Hall–Kier alpha value is -2.91. The lowest BCUT2D eigenvalue weighted by atomic mass is 10.1. The number of nitrogens with zero attached hydrogens (tertiary/aromatic N) is 1. The molecule has 1 amide bonds. The van der Waals surface area contributed by atoms with Crippen molar-refractivity contribution in [3.63, 3.8) is 0 Å². The van der Waals surface area contributed by atoms with E-state index in [1.54, 1.807) is 0 Å². The maximum Gasteiger partial charge on any atom is 0.311 e. The van der Waals surface area contributed by atoms with Crippen LogP contribution in [0.5, 0.6) is 0 Å². The first-order valence-electron chi connectivity index (χ1n) is 7.33. The van der Waals surface area contributed by atoms with E-state index in [1.807, 2.05) is 6.07 Å². The van der Waals surface area contributed by atoms with Crippen molar-refractivity contribution in [1.29, 1.82) is 5.26 Å². The topological polar surface area (TPSA) is 79.2 Å². The second kappa shape index (κ2) is 8.27. The zero-order valence-corrected chi connectivity index (χ0v) is 14.0. The Morgan fingerprint density at radius 1 is 1.28 bits per heavy atom. The Kier molecular flexibility index (Phi) is 6.09. The third kappa shape index (κ3) is 5.30. The largest absolute Gasteiger partial charge is 0.452 e. The van der Waals surface area contributed by atoms with Gasteiger partial charge in [-0.2, -0.15) is 5.26 Å². The van der Waals surface area contributed by atoms with Gasteiger partial charge in [0.25, 0.3) is 5.91 Å². The average Bonchev–Trinajstić information content (AvgIpc) is 2.57. The van der Waals surface area contributed by atoms with Crippen molar-refractivity contribution in [1.82, 2.24) is 0 Å². The summed E-state index contributed by atoms with van der Waals surface area (Å²) in [7, 11) is 0. The van der Waals surface area contributed by atoms with E-state index in [0.29, 0.717) is 16.8 Å². The molecule has 2 aromatic carbocycles. The molecule has 0 saturated heterocycles. The number of amides is 1. The van der Waals surface area contributed by atoms with Crippen LogP contribution in [-0.4, -0.2) is 18.0 Å². The molecular weight excluding hydrogens is 347 g/mol. The zero-order valence-electron chi connectivity index (χ0n) is 13.3. The molecular formula is C18H14ClFN2O3. The minimum Gasteiger partial charge on any atom is -0.452 e. The fourth-order valence-electron chi connectivity index (χ4n) is 1.99. The normalized spacial score (nSPS) is 11.3. The summed E-state index contributed by atoms with van der Waals surface area (Å²) < 4.78 is 17.9. The van der Waals surface area contributed by atoms with Gasteiger partial charge in [-0.1, -0.05) is 23.7 Å². The highest BCUT2D eigenvalue weighted by Gasteiger charge is 2.18. The number of hydrogen-bond acceptors (Lipinski definition) is 4. The van der Waals surface area contributed by atoms with Gasteiger partial charge >= 0.3 is 5.97 Å². The minimum absolute atomic E-state index is 0.0689. The van der Waals surface area contributed by atoms with E-state index in [9.17, 15) is 14.0 Å². The van der Waals surface area contributed by atoms with Gasteiger partial charge < -0.3 is 10.1 Å². The molecule has 0 aliphatic heterocycles. The predicted molar refractivity (Wildman–Crippen MR) is 90.5 cm³/mol. The molecule has 0 radical (unpaired) electrons. The first kappa shape index (κ1) is 18.4. The molecule has 1 unspecified atom stereocenters. The molecule has 0 bridgehead atoms. The van der Waals surface area contributed by atoms with E-state index in [1.165, 1.54) is 49.4 Å². The number of nitriles is 1. The molecule has 2 rings (SSSR count). The average molecular weight is 361 g/mol. The van der Waals surface area contributed by atoms with Crippen molar-refractivity contribution in [3.8, 4) is 6.07 Å². The highest BCUT2D eigenvalue weighted by molar-refractivity contribution is 6.32. The first-order valence-corrected chi connectivity index (χ1v) is 7.71. The van der Waals surface area contributed by atoms with E-state index < -0.39 is 23.8 Å². The van der Waals surface area contributed by atoms with Gasteiger partial charge in [0.1, 0.15) is 11.9 Å². The molecule has 0 aliphatic carbocycles. The summed E-state index contributed by atoms with van der Waals surface area (Å²) in [6, 6.07) is 11.8. The molecule has 0 saturated carbocycles. The molecule has 0 fully saturated rings. The summed E-state index contributed by atoms with van der Waals surface area (Å²) >= 11 is 5.89.